The highest BCUT2D eigenvalue weighted by atomic mass is 32.2. The Balaban J connectivity index is 1.49. The number of thiophene rings is 1. The van der Waals surface area contributed by atoms with Gasteiger partial charge in [-0.15, -0.1) is 24.5 Å². The van der Waals surface area contributed by atoms with Crippen molar-refractivity contribution in [2.24, 2.45) is 0 Å². The standard InChI is InChI=1S/C19H22F3N3O4S2/c1-13(18(26)23-14-4-6-16(7-5-14)29-19(20,21)22)25-10-8-15(9-11-25)24-31(27,28)17-3-2-12-30-17/h2-7,12-13,15,24H,8-11H2,1H3,(H,23,26). The van der Waals surface area contributed by atoms with Crippen molar-refractivity contribution >= 4 is 33.0 Å². The summed E-state index contributed by atoms with van der Waals surface area (Å²) >= 11 is 1.15. The number of carbonyl (C=O) groups is 1. The highest BCUT2D eigenvalue weighted by Gasteiger charge is 2.31. The quantitative estimate of drug-likeness (QED) is 0.638. The maximum atomic E-state index is 12.5. The van der Waals surface area contributed by atoms with Crippen LogP contribution in [0.2, 0.25) is 0 Å². The molecule has 1 aromatic carbocycles. The van der Waals surface area contributed by atoms with E-state index in [0.717, 1.165) is 23.5 Å². The highest BCUT2D eigenvalue weighted by Crippen LogP contribution is 2.24. The maximum absolute atomic E-state index is 12.5. The lowest BCUT2D eigenvalue weighted by Gasteiger charge is -2.35. The molecule has 2 N–H and O–H groups in total. The van der Waals surface area contributed by atoms with Gasteiger partial charge in [-0.3, -0.25) is 9.69 Å². The molecule has 7 nitrogen and oxygen atoms in total. The Kier molecular flexibility index (Phi) is 7.24. The van der Waals surface area contributed by atoms with Gasteiger partial charge in [0.15, 0.2) is 0 Å². The molecule has 1 aromatic heterocycles. The number of hydrogen-bond acceptors (Lipinski definition) is 6. The molecular formula is C19H22F3N3O4S2. The van der Waals surface area contributed by atoms with E-state index in [2.05, 4.69) is 14.8 Å². The number of amides is 1. The predicted molar refractivity (Wildman–Crippen MR) is 110 cm³/mol. The van der Waals surface area contributed by atoms with Crippen LogP contribution in [0.5, 0.6) is 5.75 Å². The molecule has 1 aliphatic heterocycles. The molecule has 0 radical (unpaired) electrons. The van der Waals surface area contributed by atoms with E-state index in [1.54, 1.807) is 24.4 Å². The molecule has 0 aliphatic carbocycles. The van der Waals surface area contributed by atoms with Gasteiger partial charge in [-0.25, -0.2) is 13.1 Å². The number of ether oxygens (including phenoxy) is 1. The molecule has 2 heterocycles. The van der Waals surface area contributed by atoms with Gasteiger partial charge in [0.2, 0.25) is 15.9 Å². The van der Waals surface area contributed by atoms with Crippen molar-refractivity contribution in [2.75, 3.05) is 18.4 Å². The fourth-order valence-electron chi connectivity index (χ4n) is 3.25. The van der Waals surface area contributed by atoms with Gasteiger partial charge in [-0.05, 0) is 55.5 Å². The summed E-state index contributed by atoms with van der Waals surface area (Å²) in [4.78, 5) is 14.5. The number of sulfonamides is 1. The molecule has 12 heteroatoms. The third kappa shape index (κ3) is 6.66. The van der Waals surface area contributed by atoms with Crippen LogP contribution < -0.4 is 14.8 Å². The molecule has 170 valence electrons. The smallest absolute Gasteiger partial charge is 0.406 e. The number of carbonyl (C=O) groups excluding carboxylic acids is 1. The summed E-state index contributed by atoms with van der Waals surface area (Å²) in [6, 6.07) is 7.45. The summed E-state index contributed by atoms with van der Waals surface area (Å²) in [7, 11) is -3.54. The predicted octanol–water partition coefficient (Wildman–Crippen LogP) is 3.42. The number of alkyl halides is 3. The van der Waals surface area contributed by atoms with Crippen LogP contribution >= 0.6 is 11.3 Å². The lowest BCUT2D eigenvalue weighted by atomic mass is 10.0. The Labute approximate surface area is 182 Å². The number of halogens is 3. The van der Waals surface area contributed by atoms with Crippen LogP contribution in [-0.2, 0) is 14.8 Å². The van der Waals surface area contributed by atoms with Crippen LogP contribution in [0.25, 0.3) is 0 Å². The Morgan fingerprint density at radius 3 is 2.39 bits per heavy atom. The summed E-state index contributed by atoms with van der Waals surface area (Å²) in [5.74, 6) is -0.673. The summed E-state index contributed by atoms with van der Waals surface area (Å²) in [5.41, 5.74) is 0.352. The molecule has 2 aromatic rings. The van der Waals surface area contributed by atoms with E-state index >= 15 is 0 Å². The van der Waals surface area contributed by atoms with Gasteiger partial charge in [0.1, 0.15) is 9.96 Å². The van der Waals surface area contributed by atoms with E-state index in [1.807, 2.05) is 4.90 Å². The first-order valence-corrected chi connectivity index (χ1v) is 11.9. The van der Waals surface area contributed by atoms with Gasteiger partial charge in [0.05, 0.1) is 6.04 Å². The van der Waals surface area contributed by atoms with Crippen LogP contribution in [0.15, 0.2) is 46.0 Å². The summed E-state index contributed by atoms with van der Waals surface area (Å²) in [6.07, 6.45) is -3.65. The van der Waals surface area contributed by atoms with Gasteiger partial charge in [0, 0.05) is 24.8 Å². The zero-order chi connectivity index (χ0) is 22.6. The Hall–Kier alpha value is -2.15. The molecule has 0 saturated carbocycles. The Morgan fingerprint density at radius 1 is 1.19 bits per heavy atom. The fourth-order valence-corrected chi connectivity index (χ4v) is 5.57. The number of nitrogens with zero attached hydrogens (tertiary/aromatic N) is 1. The number of piperidine rings is 1. The minimum absolute atomic E-state index is 0.209. The molecule has 31 heavy (non-hydrogen) atoms. The summed E-state index contributed by atoms with van der Waals surface area (Å²) in [6.45, 7) is 2.79. The van der Waals surface area contributed by atoms with Gasteiger partial charge in [0.25, 0.3) is 0 Å². The first-order chi connectivity index (χ1) is 14.5. The minimum Gasteiger partial charge on any atom is -0.406 e. The van der Waals surface area contributed by atoms with Gasteiger partial charge >= 0.3 is 6.36 Å². The van der Waals surface area contributed by atoms with E-state index in [4.69, 9.17) is 0 Å². The molecule has 0 spiro atoms. The molecule has 3 rings (SSSR count). The maximum Gasteiger partial charge on any atom is 0.573 e. The zero-order valence-electron chi connectivity index (χ0n) is 16.6. The third-order valence-corrected chi connectivity index (χ3v) is 7.81. The van der Waals surface area contributed by atoms with Crippen molar-refractivity contribution in [3.63, 3.8) is 0 Å². The van der Waals surface area contributed by atoms with Crippen molar-refractivity contribution in [3.8, 4) is 5.75 Å². The number of anilines is 1. The summed E-state index contributed by atoms with van der Waals surface area (Å²) < 4.78 is 68.1. The van der Waals surface area contributed by atoms with Crippen LogP contribution in [0.3, 0.4) is 0 Å². The monoisotopic (exact) mass is 477 g/mol. The number of benzene rings is 1. The molecule has 1 unspecified atom stereocenters. The lowest BCUT2D eigenvalue weighted by molar-refractivity contribution is -0.274. The first kappa shape index (κ1) is 23.5. The van der Waals surface area contributed by atoms with Crippen molar-refractivity contribution < 1.29 is 31.1 Å². The summed E-state index contributed by atoms with van der Waals surface area (Å²) in [5, 5.41) is 4.37. The van der Waals surface area contributed by atoms with E-state index in [1.165, 1.54) is 12.1 Å². The zero-order valence-corrected chi connectivity index (χ0v) is 18.2. The average molecular weight is 478 g/mol. The van der Waals surface area contributed by atoms with E-state index in [-0.39, 0.29) is 21.9 Å². The molecule has 1 atom stereocenters. The SMILES string of the molecule is CC(C(=O)Nc1ccc(OC(F)(F)F)cc1)N1CCC(NS(=O)(=O)c2cccs2)CC1. The highest BCUT2D eigenvalue weighted by molar-refractivity contribution is 7.91. The van der Waals surface area contributed by atoms with Crippen molar-refractivity contribution in [1.82, 2.24) is 9.62 Å². The van der Waals surface area contributed by atoms with Gasteiger partial charge < -0.3 is 10.1 Å². The van der Waals surface area contributed by atoms with Gasteiger partial charge in [-0.1, -0.05) is 6.07 Å². The fraction of sp³-hybridized carbons (Fsp3) is 0.421. The second-order valence-electron chi connectivity index (χ2n) is 7.10. The number of nitrogens with one attached hydrogen (secondary N) is 2. The lowest BCUT2D eigenvalue weighted by Crippen LogP contribution is -2.50. The molecular weight excluding hydrogens is 455 g/mol. The normalized spacial score (nSPS) is 17.3. The van der Waals surface area contributed by atoms with E-state index in [9.17, 15) is 26.4 Å². The van der Waals surface area contributed by atoms with Crippen LogP contribution in [-0.4, -0.2) is 50.8 Å². The average Bonchev–Trinajstić information content (AvgIpc) is 3.24. The van der Waals surface area contributed by atoms with Crippen molar-refractivity contribution in [2.45, 2.75) is 42.4 Å². The third-order valence-electron chi connectivity index (χ3n) is 4.89. The number of rotatable bonds is 7. The van der Waals surface area contributed by atoms with E-state index < -0.39 is 22.4 Å². The van der Waals surface area contributed by atoms with Crippen molar-refractivity contribution in [3.05, 3.63) is 41.8 Å². The van der Waals surface area contributed by atoms with Crippen LogP contribution in [0.4, 0.5) is 18.9 Å². The number of hydrogen-bond donors (Lipinski definition) is 2. The Bertz CT molecular complexity index is 972. The molecule has 1 amide bonds. The Morgan fingerprint density at radius 2 is 1.84 bits per heavy atom. The molecule has 0 bridgehead atoms. The van der Waals surface area contributed by atoms with Gasteiger partial charge in [-0.2, -0.15) is 0 Å². The molecule has 1 aliphatic rings. The second kappa shape index (κ2) is 9.55. The van der Waals surface area contributed by atoms with Crippen molar-refractivity contribution in [1.29, 1.82) is 0 Å². The minimum atomic E-state index is -4.77. The second-order valence-corrected chi connectivity index (χ2v) is 9.99. The number of likely N-dealkylation sites (tertiary alicyclic amines) is 1. The topological polar surface area (TPSA) is 87.7 Å². The van der Waals surface area contributed by atoms with E-state index in [0.29, 0.717) is 31.6 Å². The first-order valence-electron chi connectivity index (χ1n) is 9.50. The molecule has 1 fully saturated rings. The largest absolute Gasteiger partial charge is 0.573 e. The van der Waals surface area contributed by atoms with Crippen LogP contribution in [0, 0.1) is 0 Å². The molecule has 1 saturated heterocycles. The van der Waals surface area contributed by atoms with Crippen LogP contribution in [0.1, 0.15) is 19.8 Å².